The highest BCUT2D eigenvalue weighted by molar-refractivity contribution is 5.80. The zero-order valence-electron chi connectivity index (χ0n) is 45.3. The van der Waals surface area contributed by atoms with Gasteiger partial charge in [-0.15, -0.1) is 0 Å². The Morgan fingerprint density at radius 1 is 0.486 bits per heavy atom. The van der Waals surface area contributed by atoms with Gasteiger partial charge in [-0.05, 0) is 51.4 Å². The van der Waals surface area contributed by atoms with Crippen LogP contribution in [0.1, 0.15) is 277 Å². The second kappa shape index (κ2) is 48.5. The summed E-state index contributed by atoms with van der Waals surface area (Å²) in [6.45, 7) is 3.46. The average molecular weight is 997 g/mol. The van der Waals surface area contributed by atoms with Crippen LogP contribution in [-0.2, 0) is 14.3 Å². The maximum Gasteiger partial charge on any atom is 0.249 e. The average Bonchev–Trinajstić information content (AvgIpc) is 3.36. The van der Waals surface area contributed by atoms with Gasteiger partial charge in [0.25, 0.3) is 0 Å². The fourth-order valence-electron chi connectivity index (χ4n) is 9.64. The summed E-state index contributed by atoms with van der Waals surface area (Å²) in [7, 11) is 0. The van der Waals surface area contributed by atoms with Gasteiger partial charge in [-0.2, -0.15) is 0 Å². The number of allylic oxidation sites excluding steroid dienone is 4. The monoisotopic (exact) mass is 996 g/mol. The lowest BCUT2D eigenvalue weighted by Crippen LogP contribution is -2.60. The van der Waals surface area contributed by atoms with Crippen molar-refractivity contribution in [2.45, 2.75) is 332 Å². The second-order valence-electron chi connectivity index (χ2n) is 21.1. The molecule has 9 atom stereocenters. The molecule has 1 aliphatic rings. The van der Waals surface area contributed by atoms with Crippen LogP contribution in [0.25, 0.3) is 0 Å². The van der Waals surface area contributed by atoms with E-state index in [1.54, 1.807) is 0 Å². The van der Waals surface area contributed by atoms with E-state index in [2.05, 4.69) is 43.5 Å². The third kappa shape index (κ3) is 36.5. The summed E-state index contributed by atoms with van der Waals surface area (Å²) in [6.07, 6.45) is 46.8. The number of amides is 1. The Balaban J connectivity index is 2.29. The summed E-state index contributed by atoms with van der Waals surface area (Å²) in [6, 6.07) is -1.19. The number of carbonyl (C=O) groups is 1. The molecule has 11 nitrogen and oxygen atoms in total. The van der Waals surface area contributed by atoms with Gasteiger partial charge in [0, 0.05) is 0 Å². The van der Waals surface area contributed by atoms with Gasteiger partial charge < -0.3 is 50.5 Å². The Hall–Kier alpha value is -1.41. The van der Waals surface area contributed by atoms with Gasteiger partial charge in [0.1, 0.15) is 36.6 Å². The highest BCUT2D eigenvalue weighted by Crippen LogP contribution is 2.23. The van der Waals surface area contributed by atoms with Crippen LogP contribution < -0.4 is 5.32 Å². The quantitative estimate of drug-likeness (QED) is 0.0215. The fraction of sp³-hybridized carbons (Fsp3) is 0.915. The van der Waals surface area contributed by atoms with Crippen molar-refractivity contribution in [1.82, 2.24) is 5.32 Å². The number of unbranched alkanes of at least 4 members (excludes halogenated alkanes) is 35. The van der Waals surface area contributed by atoms with Gasteiger partial charge in [-0.1, -0.05) is 250 Å². The van der Waals surface area contributed by atoms with Crippen LogP contribution in [0.2, 0.25) is 0 Å². The molecule has 0 aromatic carbocycles. The molecule has 1 saturated heterocycles. The van der Waals surface area contributed by atoms with Crippen molar-refractivity contribution >= 4 is 5.91 Å². The van der Waals surface area contributed by atoms with Gasteiger partial charge in [0.2, 0.25) is 5.91 Å². The maximum atomic E-state index is 13.1. The van der Waals surface area contributed by atoms with Crippen molar-refractivity contribution in [3.05, 3.63) is 24.3 Å². The molecule has 9 unspecified atom stereocenters. The van der Waals surface area contributed by atoms with Crippen LogP contribution in [0.15, 0.2) is 24.3 Å². The predicted molar refractivity (Wildman–Crippen MR) is 289 cm³/mol. The molecular weight excluding hydrogens is 883 g/mol. The lowest BCUT2D eigenvalue weighted by atomic mass is 9.98. The number of hydrogen-bond acceptors (Lipinski definition) is 10. The second-order valence-corrected chi connectivity index (χ2v) is 21.1. The van der Waals surface area contributed by atoms with Gasteiger partial charge in [0.15, 0.2) is 6.29 Å². The molecule has 70 heavy (non-hydrogen) atoms. The Kier molecular flexibility index (Phi) is 46.2. The molecule has 1 heterocycles. The van der Waals surface area contributed by atoms with Gasteiger partial charge in [-0.25, -0.2) is 0 Å². The van der Waals surface area contributed by atoms with Crippen molar-refractivity contribution in [3.8, 4) is 0 Å². The lowest BCUT2D eigenvalue weighted by molar-refractivity contribution is -0.303. The molecule has 11 heteroatoms. The van der Waals surface area contributed by atoms with Crippen molar-refractivity contribution in [1.29, 1.82) is 0 Å². The molecule has 1 fully saturated rings. The third-order valence-electron chi connectivity index (χ3n) is 14.5. The first-order chi connectivity index (χ1) is 34.2. The summed E-state index contributed by atoms with van der Waals surface area (Å²) in [4.78, 5) is 13.1. The van der Waals surface area contributed by atoms with Crippen LogP contribution in [-0.4, -0.2) is 110 Å². The Morgan fingerprint density at radius 3 is 1.27 bits per heavy atom. The predicted octanol–water partition coefficient (Wildman–Crippen LogP) is 12.5. The van der Waals surface area contributed by atoms with E-state index in [0.29, 0.717) is 19.3 Å². The highest BCUT2D eigenvalue weighted by Gasteiger charge is 2.44. The molecule has 1 amide bonds. The number of aliphatic hydroxyl groups is 7. The Morgan fingerprint density at radius 2 is 0.857 bits per heavy atom. The van der Waals surface area contributed by atoms with E-state index < -0.39 is 74.2 Å². The molecule has 0 spiro atoms. The molecule has 0 aromatic heterocycles. The maximum absolute atomic E-state index is 13.1. The van der Waals surface area contributed by atoms with Gasteiger partial charge >= 0.3 is 0 Å². The van der Waals surface area contributed by atoms with E-state index in [1.807, 2.05) is 0 Å². The van der Waals surface area contributed by atoms with Crippen molar-refractivity contribution in [2.75, 3.05) is 13.2 Å². The molecule has 0 radical (unpaired) electrons. The Bertz CT molecular complexity index is 1190. The minimum Gasteiger partial charge on any atom is -0.394 e. The number of aliphatic hydroxyl groups excluding tert-OH is 7. The molecule has 1 aliphatic heterocycles. The molecule has 0 aliphatic carbocycles. The van der Waals surface area contributed by atoms with E-state index in [9.17, 15) is 40.5 Å². The molecular formula is C59H113NO10. The molecule has 0 aromatic rings. The first-order valence-electron chi connectivity index (χ1n) is 29.7. The van der Waals surface area contributed by atoms with Crippen LogP contribution in [0, 0.1) is 0 Å². The van der Waals surface area contributed by atoms with Gasteiger partial charge in [-0.3, -0.25) is 4.79 Å². The van der Waals surface area contributed by atoms with Crippen LogP contribution in [0.4, 0.5) is 0 Å². The number of carbonyl (C=O) groups excluding carboxylic acids is 1. The SMILES string of the molecule is CCCCCCCCCCCCCCCCCCCCC/C=C/CC/C=C/CCCC(O)C(O)C(COC1OC(CO)C(O)C(O)C1O)NC(=O)C(O)CCCCCCCCCCCCCCCCC. The van der Waals surface area contributed by atoms with Crippen LogP contribution in [0.5, 0.6) is 0 Å². The van der Waals surface area contributed by atoms with Crippen LogP contribution in [0.3, 0.4) is 0 Å². The zero-order chi connectivity index (χ0) is 51.1. The molecule has 0 saturated carbocycles. The largest absolute Gasteiger partial charge is 0.394 e. The van der Waals surface area contributed by atoms with Crippen molar-refractivity contribution in [2.24, 2.45) is 0 Å². The normalized spacial score (nSPS) is 20.4. The molecule has 414 valence electrons. The smallest absolute Gasteiger partial charge is 0.249 e. The minimum absolute atomic E-state index is 0.249. The topological polar surface area (TPSA) is 189 Å². The molecule has 0 bridgehead atoms. The summed E-state index contributed by atoms with van der Waals surface area (Å²) < 4.78 is 11.1. The van der Waals surface area contributed by atoms with E-state index in [-0.39, 0.29) is 12.8 Å². The van der Waals surface area contributed by atoms with Gasteiger partial charge in [0.05, 0.1) is 25.4 Å². The first-order valence-corrected chi connectivity index (χ1v) is 29.7. The summed E-state index contributed by atoms with van der Waals surface area (Å²) in [5.74, 6) is -0.707. The van der Waals surface area contributed by atoms with Crippen molar-refractivity contribution in [3.63, 3.8) is 0 Å². The van der Waals surface area contributed by atoms with E-state index in [4.69, 9.17) is 9.47 Å². The lowest BCUT2D eigenvalue weighted by Gasteiger charge is -2.40. The number of hydrogen-bond donors (Lipinski definition) is 8. The Labute approximate surface area is 429 Å². The van der Waals surface area contributed by atoms with E-state index >= 15 is 0 Å². The zero-order valence-corrected chi connectivity index (χ0v) is 45.3. The highest BCUT2D eigenvalue weighted by atomic mass is 16.7. The molecule has 8 N–H and O–H groups in total. The standard InChI is InChI=1S/C59H113NO10/c1-3-5-7-9-11-13-15-17-19-20-21-22-23-24-25-26-27-28-29-30-31-33-34-36-38-40-42-44-46-51(62)54(64)50(49-69-59-57(67)56(66)55(65)53(48-61)70-59)60-58(68)52(63)47-45-43-41-39-37-35-32-18-16-14-12-10-8-6-4-2/h31,33,38,40,50-57,59,61-67H,3-30,32,34-37,39,41-49H2,1-2H3,(H,60,68)/b33-31+,40-38+. The number of ether oxygens (including phenoxy) is 2. The van der Waals surface area contributed by atoms with E-state index in [1.165, 1.54) is 193 Å². The first kappa shape index (κ1) is 66.6. The third-order valence-corrected chi connectivity index (χ3v) is 14.5. The molecule has 1 rings (SSSR count). The minimum atomic E-state index is -1.67. The summed E-state index contributed by atoms with van der Waals surface area (Å²) >= 11 is 0. The van der Waals surface area contributed by atoms with Crippen molar-refractivity contribution < 1.29 is 50.0 Å². The summed E-state index contributed by atoms with van der Waals surface area (Å²) in [5, 5.41) is 76.1. The fourth-order valence-corrected chi connectivity index (χ4v) is 9.64. The summed E-state index contributed by atoms with van der Waals surface area (Å²) in [5.41, 5.74) is 0. The number of nitrogens with one attached hydrogen (secondary N) is 1. The number of rotatable bonds is 51. The van der Waals surface area contributed by atoms with E-state index in [0.717, 1.165) is 38.5 Å². The van der Waals surface area contributed by atoms with Crippen LogP contribution >= 0.6 is 0 Å².